The molecular formula is C34H40F3N3O2. The number of allylic oxidation sites excluding steroid dienone is 1. The molecule has 0 spiro atoms. The fraction of sp³-hybridized carbons (Fsp3) is 0.353. The SMILES string of the molecule is CC/C(=C\C(=NCc1ccccc1)[C@H](N(CCCN)C(=O)COc1ccc(F)cc1)C(C)(C)C)c1cc(F)ccc1F. The van der Waals surface area contributed by atoms with E-state index in [1.54, 1.807) is 11.0 Å². The van der Waals surface area contributed by atoms with Crippen LogP contribution in [0.3, 0.4) is 0 Å². The number of benzene rings is 3. The fourth-order valence-corrected chi connectivity index (χ4v) is 4.76. The van der Waals surface area contributed by atoms with Gasteiger partial charge >= 0.3 is 0 Å². The summed E-state index contributed by atoms with van der Waals surface area (Å²) in [5, 5.41) is 0. The maximum Gasteiger partial charge on any atom is 0.261 e. The molecule has 0 unspecified atom stereocenters. The first kappa shape index (κ1) is 32.6. The Morgan fingerprint density at radius 3 is 2.29 bits per heavy atom. The summed E-state index contributed by atoms with van der Waals surface area (Å²) in [5.74, 6) is -1.42. The molecule has 0 saturated heterocycles. The summed E-state index contributed by atoms with van der Waals surface area (Å²) in [4.78, 5) is 20.5. The topological polar surface area (TPSA) is 67.9 Å². The molecule has 0 fully saturated rings. The van der Waals surface area contributed by atoms with Gasteiger partial charge in [-0.3, -0.25) is 9.79 Å². The minimum absolute atomic E-state index is 0.150. The molecule has 3 rings (SSSR count). The Bertz CT molecular complexity index is 1370. The van der Waals surface area contributed by atoms with E-state index in [9.17, 15) is 18.0 Å². The lowest BCUT2D eigenvalue weighted by Gasteiger charge is -2.40. The third-order valence-electron chi connectivity index (χ3n) is 6.78. The Kier molecular flexibility index (Phi) is 11.9. The highest BCUT2D eigenvalue weighted by atomic mass is 19.1. The highest BCUT2D eigenvalue weighted by Crippen LogP contribution is 2.30. The Hall–Kier alpha value is -3.91. The van der Waals surface area contributed by atoms with Gasteiger partial charge in [0.1, 0.15) is 23.2 Å². The van der Waals surface area contributed by atoms with Crippen LogP contribution in [-0.4, -0.2) is 42.3 Å². The Morgan fingerprint density at radius 2 is 1.67 bits per heavy atom. The zero-order valence-electron chi connectivity index (χ0n) is 24.7. The van der Waals surface area contributed by atoms with Crippen molar-refractivity contribution in [1.82, 2.24) is 4.90 Å². The van der Waals surface area contributed by atoms with Crippen LogP contribution >= 0.6 is 0 Å². The zero-order valence-corrected chi connectivity index (χ0v) is 24.7. The molecule has 3 aromatic carbocycles. The van der Waals surface area contributed by atoms with Crippen molar-refractivity contribution >= 4 is 17.2 Å². The van der Waals surface area contributed by atoms with E-state index in [0.717, 1.165) is 17.7 Å². The van der Waals surface area contributed by atoms with E-state index in [1.807, 2.05) is 58.0 Å². The molecule has 0 aliphatic heterocycles. The fourth-order valence-electron chi connectivity index (χ4n) is 4.76. The third kappa shape index (κ3) is 9.31. The van der Waals surface area contributed by atoms with Gasteiger partial charge in [0.15, 0.2) is 6.61 Å². The zero-order chi connectivity index (χ0) is 30.7. The second-order valence-electron chi connectivity index (χ2n) is 11.1. The molecule has 3 aromatic rings. The Balaban J connectivity index is 2.11. The van der Waals surface area contributed by atoms with Gasteiger partial charge in [-0.05, 0) is 84.5 Å². The van der Waals surface area contributed by atoms with Gasteiger partial charge in [0, 0.05) is 12.1 Å². The molecule has 0 saturated carbocycles. The summed E-state index contributed by atoms with van der Waals surface area (Å²) in [7, 11) is 0. The molecule has 0 radical (unpaired) electrons. The van der Waals surface area contributed by atoms with Crippen LogP contribution in [0.5, 0.6) is 5.75 Å². The molecule has 224 valence electrons. The lowest BCUT2D eigenvalue weighted by molar-refractivity contribution is -0.136. The van der Waals surface area contributed by atoms with E-state index in [0.29, 0.717) is 49.5 Å². The third-order valence-corrected chi connectivity index (χ3v) is 6.78. The second kappa shape index (κ2) is 15.4. The molecule has 5 nitrogen and oxygen atoms in total. The van der Waals surface area contributed by atoms with Crippen molar-refractivity contribution in [2.24, 2.45) is 16.1 Å². The van der Waals surface area contributed by atoms with Crippen LogP contribution in [0.4, 0.5) is 13.2 Å². The number of nitrogens with two attached hydrogens (primary N) is 1. The standard InChI is InChI=1S/C34H40F3N3O2/c1-5-25(29-21-27(36)14-17-30(29)37)20-31(39-22-24-10-7-6-8-11-24)33(34(2,3)4)40(19-9-18-38)32(41)23-42-28-15-12-26(35)13-16-28/h6-8,10-17,20-21,33H,5,9,18-19,22-23,38H2,1-4H3/b25-20+,39-31?/t33-/m0/s1. The van der Waals surface area contributed by atoms with Crippen molar-refractivity contribution in [3.05, 3.63) is 107 Å². The van der Waals surface area contributed by atoms with E-state index in [1.165, 1.54) is 30.3 Å². The number of halogens is 3. The van der Waals surface area contributed by atoms with E-state index in [4.69, 9.17) is 15.5 Å². The predicted molar refractivity (Wildman–Crippen MR) is 163 cm³/mol. The Morgan fingerprint density at radius 1 is 1.00 bits per heavy atom. The van der Waals surface area contributed by atoms with Crippen LogP contribution in [0.1, 0.15) is 51.7 Å². The second-order valence-corrected chi connectivity index (χ2v) is 11.1. The lowest BCUT2D eigenvalue weighted by Crippen LogP contribution is -2.53. The van der Waals surface area contributed by atoms with Gasteiger partial charge in [0.05, 0.1) is 18.3 Å². The lowest BCUT2D eigenvalue weighted by atomic mass is 9.81. The number of carbonyl (C=O) groups excluding carboxylic acids is 1. The van der Waals surface area contributed by atoms with Gasteiger partial charge in [0.2, 0.25) is 0 Å². The van der Waals surface area contributed by atoms with Gasteiger partial charge in [-0.1, -0.05) is 58.0 Å². The van der Waals surface area contributed by atoms with Crippen molar-refractivity contribution in [3.8, 4) is 5.75 Å². The molecule has 2 N–H and O–H groups in total. The van der Waals surface area contributed by atoms with Gasteiger partial charge in [-0.25, -0.2) is 13.2 Å². The number of carbonyl (C=O) groups is 1. The number of amides is 1. The number of nitrogens with zero attached hydrogens (tertiary/aromatic N) is 2. The van der Waals surface area contributed by atoms with Crippen molar-refractivity contribution in [3.63, 3.8) is 0 Å². The number of ether oxygens (including phenoxy) is 1. The molecule has 0 heterocycles. The molecule has 0 aromatic heterocycles. The van der Waals surface area contributed by atoms with Crippen LogP contribution in [-0.2, 0) is 11.3 Å². The van der Waals surface area contributed by atoms with Crippen molar-refractivity contribution in [2.45, 2.75) is 53.1 Å². The monoisotopic (exact) mass is 579 g/mol. The van der Waals surface area contributed by atoms with Gasteiger partial charge < -0.3 is 15.4 Å². The Labute approximate surface area is 246 Å². The minimum atomic E-state index is -0.560. The van der Waals surface area contributed by atoms with Gasteiger partial charge in [-0.15, -0.1) is 0 Å². The number of rotatable bonds is 13. The maximum atomic E-state index is 14.9. The number of hydrogen-bond donors (Lipinski definition) is 1. The van der Waals surface area contributed by atoms with E-state index >= 15 is 0 Å². The first-order valence-electron chi connectivity index (χ1n) is 14.2. The number of hydrogen-bond acceptors (Lipinski definition) is 4. The smallest absolute Gasteiger partial charge is 0.261 e. The van der Waals surface area contributed by atoms with E-state index in [2.05, 4.69) is 0 Å². The number of aliphatic imine (C=N–C) groups is 1. The van der Waals surface area contributed by atoms with Crippen molar-refractivity contribution in [1.29, 1.82) is 0 Å². The van der Waals surface area contributed by atoms with Gasteiger partial charge in [0.25, 0.3) is 5.91 Å². The first-order valence-corrected chi connectivity index (χ1v) is 14.2. The van der Waals surface area contributed by atoms with Crippen LogP contribution in [0, 0.1) is 22.9 Å². The molecule has 8 heteroatoms. The van der Waals surface area contributed by atoms with Crippen molar-refractivity contribution < 1.29 is 22.7 Å². The van der Waals surface area contributed by atoms with E-state index < -0.39 is 28.9 Å². The molecule has 42 heavy (non-hydrogen) atoms. The summed E-state index contributed by atoms with van der Waals surface area (Å²) in [6.07, 6.45) is 2.72. The summed E-state index contributed by atoms with van der Waals surface area (Å²) < 4.78 is 48.2. The summed E-state index contributed by atoms with van der Waals surface area (Å²) in [6, 6.07) is 17.9. The van der Waals surface area contributed by atoms with Crippen LogP contribution < -0.4 is 10.5 Å². The summed E-state index contributed by atoms with van der Waals surface area (Å²) in [5.41, 5.74) is 7.56. The molecule has 0 bridgehead atoms. The highest BCUT2D eigenvalue weighted by Gasteiger charge is 2.37. The average molecular weight is 580 g/mol. The average Bonchev–Trinajstić information content (AvgIpc) is 2.96. The normalized spacial score (nSPS) is 13.1. The molecule has 0 aliphatic rings. The summed E-state index contributed by atoms with van der Waals surface area (Å²) >= 11 is 0. The van der Waals surface area contributed by atoms with Crippen LogP contribution in [0.25, 0.3) is 5.57 Å². The highest BCUT2D eigenvalue weighted by molar-refractivity contribution is 6.06. The molecule has 1 atom stereocenters. The quantitative estimate of drug-likeness (QED) is 0.218. The molecule has 0 aliphatic carbocycles. The van der Waals surface area contributed by atoms with Crippen LogP contribution in [0.15, 0.2) is 83.9 Å². The van der Waals surface area contributed by atoms with Crippen LogP contribution in [0.2, 0.25) is 0 Å². The minimum Gasteiger partial charge on any atom is -0.484 e. The van der Waals surface area contributed by atoms with E-state index in [-0.39, 0.29) is 18.1 Å². The predicted octanol–water partition coefficient (Wildman–Crippen LogP) is 7.21. The molecular weight excluding hydrogens is 539 g/mol. The van der Waals surface area contributed by atoms with Gasteiger partial charge in [-0.2, -0.15) is 0 Å². The van der Waals surface area contributed by atoms with Crippen molar-refractivity contribution in [2.75, 3.05) is 19.7 Å². The maximum absolute atomic E-state index is 14.9. The first-order chi connectivity index (χ1) is 20.0. The molecule has 1 amide bonds. The summed E-state index contributed by atoms with van der Waals surface area (Å²) in [6.45, 7) is 8.61. The largest absolute Gasteiger partial charge is 0.484 e.